The molecule has 2 aromatic carbocycles. The van der Waals surface area contributed by atoms with Crippen molar-refractivity contribution < 1.29 is 31.1 Å². The van der Waals surface area contributed by atoms with Crippen LogP contribution in [0.1, 0.15) is 86.7 Å². The first-order valence-electron chi connectivity index (χ1n) is 16.6. The molecule has 12 heteroatoms. The summed E-state index contributed by atoms with van der Waals surface area (Å²) in [6, 6.07) is 6.89. The molecule has 0 amide bonds. The molecule has 1 aromatic heterocycles. The first-order valence-corrected chi connectivity index (χ1v) is 18.0. The van der Waals surface area contributed by atoms with Crippen LogP contribution < -0.4 is 14.5 Å². The molecule has 1 aliphatic carbocycles. The van der Waals surface area contributed by atoms with Crippen molar-refractivity contribution >= 4 is 23.4 Å². The van der Waals surface area contributed by atoms with E-state index in [4.69, 9.17) is 4.74 Å². The Labute approximate surface area is 284 Å². The lowest BCUT2D eigenvalue weighted by Crippen LogP contribution is -2.34. The van der Waals surface area contributed by atoms with Gasteiger partial charge in [0.15, 0.2) is 5.75 Å². The maximum absolute atomic E-state index is 14.1. The fourth-order valence-corrected chi connectivity index (χ4v) is 6.72. The van der Waals surface area contributed by atoms with Crippen molar-refractivity contribution in [2.24, 2.45) is 11.8 Å². The van der Waals surface area contributed by atoms with Crippen molar-refractivity contribution in [1.82, 2.24) is 9.97 Å². The highest BCUT2D eigenvalue weighted by molar-refractivity contribution is 7.98. The molecule has 0 N–H and O–H groups in total. The first-order chi connectivity index (χ1) is 22.7. The van der Waals surface area contributed by atoms with Gasteiger partial charge in [0.2, 0.25) is 5.95 Å². The second-order valence-electron chi connectivity index (χ2n) is 12.7. The summed E-state index contributed by atoms with van der Waals surface area (Å²) in [6.07, 6.45) is 1.37. The molecule has 4 rings (SSSR count). The highest BCUT2D eigenvalue weighted by Crippen LogP contribution is 2.39. The maximum Gasteiger partial charge on any atom is 0.416 e. The number of aryl methyl sites for hydroxylation is 1. The van der Waals surface area contributed by atoms with Crippen LogP contribution in [0.15, 0.2) is 48.8 Å². The molecule has 1 heterocycles. The Morgan fingerprint density at radius 3 is 2.12 bits per heavy atom. The van der Waals surface area contributed by atoms with E-state index in [-0.39, 0.29) is 12.5 Å². The number of hydrogen-bond acceptors (Lipinski definition) is 6. The van der Waals surface area contributed by atoms with E-state index in [1.165, 1.54) is 18.5 Å². The molecule has 0 radical (unpaired) electrons. The van der Waals surface area contributed by atoms with Crippen LogP contribution in [0.2, 0.25) is 0 Å². The fraction of sp³-hybridized carbons (Fsp3) is 0.556. The molecule has 0 aliphatic heterocycles. The van der Waals surface area contributed by atoms with Crippen molar-refractivity contribution in [3.63, 3.8) is 0 Å². The number of halogens is 6. The largest absolute Gasteiger partial charge is 0.489 e. The summed E-state index contributed by atoms with van der Waals surface area (Å²) in [5.74, 6) is 2.48. The summed E-state index contributed by atoms with van der Waals surface area (Å²) in [7, 11) is 0. The Morgan fingerprint density at radius 1 is 0.896 bits per heavy atom. The quantitative estimate of drug-likeness (QED) is 0.123. The molecule has 264 valence electrons. The molecule has 48 heavy (non-hydrogen) atoms. The Kier molecular flexibility index (Phi) is 12.9. The van der Waals surface area contributed by atoms with Crippen molar-refractivity contribution in [2.45, 2.75) is 84.7 Å². The number of alkyl halides is 6. The van der Waals surface area contributed by atoms with Gasteiger partial charge in [-0.15, -0.1) is 0 Å². The Morgan fingerprint density at radius 2 is 1.54 bits per heavy atom. The summed E-state index contributed by atoms with van der Waals surface area (Å²) in [5, 5.41) is 0. The highest BCUT2D eigenvalue weighted by atomic mass is 32.2. The summed E-state index contributed by atoms with van der Waals surface area (Å²) >= 11 is 1.62. The standard InChI is InChI=1S/C36H46F6N4OS/c1-6-26-8-10-27(11-9-26)22-45(7-2)33-13-12-30(35(37,38)39)19-29(33)23-46(34-43-20-32(21-44-34)47-14-15-48-5)25(4)28-16-24(3)17-31(18-28)36(40,41)42/h12-13,16-21,25-27H,6-11,14-15,22-23H2,1-5H3. The zero-order valence-corrected chi connectivity index (χ0v) is 29.1. The van der Waals surface area contributed by atoms with Gasteiger partial charge >= 0.3 is 12.4 Å². The number of anilines is 2. The van der Waals surface area contributed by atoms with Gasteiger partial charge in [0.05, 0.1) is 36.2 Å². The van der Waals surface area contributed by atoms with E-state index in [2.05, 4.69) is 21.8 Å². The van der Waals surface area contributed by atoms with Crippen LogP contribution in [0, 0.1) is 18.8 Å². The lowest BCUT2D eigenvalue weighted by atomic mass is 9.80. The van der Waals surface area contributed by atoms with E-state index >= 15 is 0 Å². The summed E-state index contributed by atoms with van der Waals surface area (Å²) in [5.41, 5.74) is 0.240. The lowest BCUT2D eigenvalue weighted by Gasteiger charge is -2.36. The minimum atomic E-state index is -4.58. The molecule has 1 saturated carbocycles. The second-order valence-corrected chi connectivity index (χ2v) is 13.7. The van der Waals surface area contributed by atoms with Gasteiger partial charge in [-0.2, -0.15) is 38.1 Å². The molecule has 0 spiro atoms. The average Bonchev–Trinajstić information content (AvgIpc) is 3.05. The van der Waals surface area contributed by atoms with E-state index in [1.807, 2.05) is 13.2 Å². The molecular formula is C36H46F6N4OS. The predicted molar refractivity (Wildman–Crippen MR) is 182 cm³/mol. The molecule has 0 bridgehead atoms. The van der Waals surface area contributed by atoms with Gasteiger partial charge in [-0.1, -0.05) is 37.8 Å². The zero-order valence-electron chi connectivity index (χ0n) is 28.3. The third-order valence-electron chi connectivity index (χ3n) is 9.30. The van der Waals surface area contributed by atoms with Crippen molar-refractivity contribution in [3.05, 3.63) is 76.6 Å². The van der Waals surface area contributed by atoms with Crippen LogP contribution in [0.25, 0.3) is 0 Å². The fourth-order valence-electron chi connectivity index (χ4n) is 6.47. The Hall–Kier alpha value is -3.15. The van der Waals surface area contributed by atoms with Crippen molar-refractivity contribution in [2.75, 3.05) is 41.5 Å². The van der Waals surface area contributed by atoms with E-state index in [9.17, 15) is 26.3 Å². The summed E-state index contributed by atoms with van der Waals surface area (Å²) in [6.45, 7) is 9.18. The number of benzene rings is 2. The van der Waals surface area contributed by atoms with Gasteiger partial charge in [0.25, 0.3) is 0 Å². The van der Waals surface area contributed by atoms with Crippen LogP contribution in [-0.2, 0) is 18.9 Å². The molecule has 0 saturated heterocycles. The van der Waals surface area contributed by atoms with Crippen LogP contribution in [0.4, 0.5) is 38.0 Å². The molecule has 3 aromatic rings. The van der Waals surface area contributed by atoms with Gasteiger partial charge < -0.3 is 14.5 Å². The normalized spacial score (nSPS) is 17.6. The Bertz CT molecular complexity index is 1460. The topological polar surface area (TPSA) is 41.5 Å². The predicted octanol–water partition coefficient (Wildman–Crippen LogP) is 10.4. The lowest BCUT2D eigenvalue weighted by molar-refractivity contribution is -0.138. The smallest absolute Gasteiger partial charge is 0.416 e. The van der Waals surface area contributed by atoms with Crippen molar-refractivity contribution in [3.8, 4) is 5.75 Å². The minimum absolute atomic E-state index is 0.0680. The zero-order chi connectivity index (χ0) is 35.1. The van der Waals surface area contributed by atoms with Crippen LogP contribution in [0.5, 0.6) is 5.75 Å². The highest BCUT2D eigenvalue weighted by Gasteiger charge is 2.34. The SMILES string of the molecule is CCC1CCC(CN(CC)c2ccc(C(F)(F)F)cc2CN(c2ncc(OCCSC)cn2)C(C)c2cc(C)cc(C(F)(F)F)c2)CC1. The monoisotopic (exact) mass is 696 g/mol. The van der Waals surface area contributed by atoms with E-state index in [1.54, 1.807) is 36.6 Å². The van der Waals surface area contributed by atoms with Crippen LogP contribution >= 0.6 is 11.8 Å². The number of rotatable bonds is 14. The van der Waals surface area contributed by atoms with Gasteiger partial charge in [-0.05, 0) is 93.2 Å². The third kappa shape index (κ3) is 9.95. The summed E-state index contributed by atoms with van der Waals surface area (Å²) < 4.78 is 89.6. The van der Waals surface area contributed by atoms with E-state index < -0.39 is 29.5 Å². The molecular weight excluding hydrogens is 650 g/mol. The van der Waals surface area contributed by atoms with E-state index in [0.29, 0.717) is 53.7 Å². The number of hydrogen-bond donors (Lipinski definition) is 0. The number of aromatic nitrogens is 2. The Balaban J connectivity index is 1.77. The molecule has 1 unspecified atom stereocenters. The third-order valence-corrected chi connectivity index (χ3v) is 9.87. The minimum Gasteiger partial charge on any atom is -0.489 e. The van der Waals surface area contributed by atoms with Crippen molar-refractivity contribution in [1.29, 1.82) is 0 Å². The molecule has 1 aliphatic rings. The number of ether oxygens (including phenoxy) is 1. The van der Waals surface area contributed by atoms with E-state index in [0.717, 1.165) is 68.0 Å². The number of nitrogens with zero attached hydrogens (tertiary/aromatic N) is 4. The molecule has 1 atom stereocenters. The second kappa shape index (κ2) is 16.5. The van der Waals surface area contributed by atoms with Crippen LogP contribution in [0.3, 0.4) is 0 Å². The molecule has 5 nitrogen and oxygen atoms in total. The van der Waals surface area contributed by atoms with Gasteiger partial charge in [-0.25, -0.2) is 9.97 Å². The van der Waals surface area contributed by atoms with Crippen LogP contribution in [-0.4, -0.2) is 41.7 Å². The summed E-state index contributed by atoms with van der Waals surface area (Å²) in [4.78, 5) is 12.8. The van der Waals surface area contributed by atoms with Gasteiger partial charge in [0, 0.05) is 31.1 Å². The maximum atomic E-state index is 14.1. The molecule has 1 fully saturated rings. The number of thioether (sulfide) groups is 1. The van der Waals surface area contributed by atoms with Gasteiger partial charge in [0.1, 0.15) is 0 Å². The first kappa shape index (κ1) is 37.7. The average molecular weight is 697 g/mol. The van der Waals surface area contributed by atoms with Gasteiger partial charge in [-0.3, -0.25) is 0 Å².